The number of hydrogen-bond acceptors (Lipinski definition) is 6. The first-order chi connectivity index (χ1) is 16.9. The van der Waals surface area contributed by atoms with Gasteiger partial charge in [-0.1, -0.05) is 6.07 Å². The van der Waals surface area contributed by atoms with Gasteiger partial charge in [0, 0.05) is 44.0 Å². The van der Waals surface area contributed by atoms with E-state index in [0.29, 0.717) is 18.8 Å². The maximum Gasteiger partial charge on any atom is 0.292 e. The molecule has 186 valence electrons. The Morgan fingerprint density at radius 2 is 1.74 bits per heavy atom. The molecule has 4 saturated carbocycles. The van der Waals surface area contributed by atoms with Gasteiger partial charge in [-0.05, 0) is 92.2 Å². The van der Waals surface area contributed by atoms with Gasteiger partial charge in [-0.15, -0.1) is 11.3 Å². The molecule has 1 amide bonds. The van der Waals surface area contributed by atoms with Crippen LogP contribution in [0.5, 0.6) is 0 Å². The normalized spacial score (nSPS) is 30.4. The Kier molecular flexibility index (Phi) is 5.74. The summed E-state index contributed by atoms with van der Waals surface area (Å²) in [5, 5.41) is 17.5. The van der Waals surface area contributed by atoms with E-state index in [1.165, 1.54) is 49.9 Å². The molecule has 1 atom stereocenters. The van der Waals surface area contributed by atoms with Crippen LogP contribution in [0.15, 0.2) is 35.7 Å². The van der Waals surface area contributed by atoms with Crippen LogP contribution < -0.4 is 10.2 Å². The number of nitro groups is 1. The molecular formula is C27H34N4O3S. The predicted octanol–water partition coefficient (Wildman–Crippen LogP) is 5.64. The van der Waals surface area contributed by atoms with Crippen LogP contribution in [0.3, 0.4) is 0 Å². The van der Waals surface area contributed by atoms with Crippen molar-refractivity contribution in [1.29, 1.82) is 0 Å². The molecular weight excluding hydrogens is 460 g/mol. The number of carbonyl (C=O) groups excluding carboxylic acids is 1. The summed E-state index contributed by atoms with van der Waals surface area (Å²) < 4.78 is 0. The quantitative estimate of drug-likeness (QED) is 0.416. The van der Waals surface area contributed by atoms with Crippen molar-refractivity contribution in [2.75, 3.05) is 36.4 Å². The van der Waals surface area contributed by atoms with Crippen LogP contribution in [0.2, 0.25) is 0 Å². The van der Waals surface area contributed by atoms with Crippen LogP contribution in [0.1, 0.15) is 55.1 Å². The lowest BCUT2D eigenvalue weighted by molar-refractivity contribution is -0.384. The average Bonchev–Trinajstić information content (AvgIpc) is 3.38. The number of anilines is 2. The van der Waals surface area contributed by atoms with Crippen LogP contribution in [0, 0.1) is 33.3 Å². The smallest absolute Gasteiger partial charge is 0.292 e. The fourth-order valence-electron chi connectivity index (χ4n) is 7.81. The Balaban J connectivity index is 1.18. The molecule has 2 heterocycles. The maximum atomic E-state index is 12.7. The minimum atomic E-state index is -0.268. The lowest BCUT2D eigenvalue weighted by Crippen LogP contribution is -2.53. The second kappa shape index (κ2) is 8.80. The number of thiophene rings is 1. The maximum absolute atomic E-state index is 12.7. The van der Waals surface area contributed by atoms with Crippen molar-refractivity contribution in [3.63, 3.8) is 0 Å². The molecule has 7 nitrogen and oxygen atoms in total. The second-order valence-corrected chi connectivity index (χ2v) is 12.3. The molecule has 1 saturated heterocycles. The van der Waals surface area contributed by atoms with Gasteiger partial charge in [0.1, 0.15) is 5.69 Å². The van der Waals surface area contributed by atoms with Crippen molar-refractivity contribution in [2.45, 2.75) is 51.5 Å². The average molecular weight is 495 g/mol. The molecule has 0 radical (unpaired) electrons. The Labute approximate surface area is 210 Å². The highest BCUT2D eigenvalue weighted by Crippen LogP contribution is 2.61. The van der Waals surface area contributed by atoms with E-state index in [9.17, 15) is 14.9 Å². The first-order valence-corrected chi connectivity index (χ1v) is 13.9. The molecule has 4 bridgehead atoms. The van der Waals surface area contributed by atoms with E-state index in [1.54, 1.807) is 6.07 Å². The fourth-order valence-corrected chi connectivity index (χ4v) is 8.50. The highest BCUT2D eigenvalue weighted by Gasteiger charge is 2.53. The summed E-state index contributed by atoms with van der Waals surface area (Å²) >= 11 is 1.48. The van der Waals surface area contributed by atoms with Crippen LogP contribution in [0.4, 0.5) is 17.1 Å². The Morgan fingerprint density at radius 1 is 1.09 bits per heavy atom. The number of piperazine rings is 1. The van der Waals surface area contributed by atoms with Crippen LogP contribution >= 0.6 is 11.3 Å². The number of amides is 1. The predicted molar refractivity (Wildman–Crippen MR) is 139 cm³/mol. The number of nitrogens with one attached hydrogen (secondary N) is 1. The van der Waals surface area contributed by atoms with Crippen molar-refractivity contribution in [3.8, 4) is 0 Å². The summed E-state index contributed by atoms with van der Waals surface area (Å²) in [4.78, 5) is 29.2. The molecule has 0 unspecified atom stereocenters. The van der Waals surface area contributed by atoms with Crippen LogP contribution in [-0.2, 0) is 0 Å². The van der Waals surface area contributed by atoms with Crippen LogP contribution in [0.25, 0.3) is 0 Å². The number of benzene rings is 1. The molecule has 0 spiro atoms. The molecule has 4 aliphatic carbocycles. The lowest BCUT2D eigenvalue weighted by Gasteiger charge is -2.59. The van der Waals surface area contributed by atoms with Gasteiger partial charge in [0.25, 0.3) is 11.6 Å². The van der Waals surface area contributed by atoms with Gasteiger partial charge in [0.2, 0.25) is 0 Å². The number of nitro benzene ring substituents is 1. The van der Waals surface area contributed by atoms with Gasteiger partial charge in [-0.3, -0.25) is 14.9 Å². The number of carbonyl (C=O) groups is 1. The molecule has 35 heavy (non-hydrogen) atoms. The van der Waals surface area contributed by atoms with Gasteiger partial charge in [0.15, 0.2) is 0 Å². The zero-order valence-electron chi connectivity index (χ0n) is 20.3. The molecule has 1 aromatic carbocycles. The molecule has 5 aliphatic rings. The number of nitrogens with zero attached hydrogens (tertiary/aromatic N) is 3. The van der Waals surface area contributed by atoms with Crippen LogP contribution in [-0.4, -0.2) is 48.0 Å². The highest BCUT2D eigenvalue weighted by molar-refractivity contribution is 7.12. The number of rotatable bonds is 6. The summed E-state index contributed by atoms with van der Waals surface area (Å²) in [6.07, 6.45) is 7.97. The molecule has 1 aliphatic heterocycles. The van der Waals surface area contributed by atoms with Crippen molar-refractivity contribution >= 4 is 34.3 Å². The van der Waals surface area contributed by atoms with E-state index >= 15 is 0 Å². The molecule has 2 aromatic rings. The topological polar surface area (TPSA) is 78.7 Å². The van der Waals surface area contributed by atoms with E-state index < -0.39 is 0 Å². The zero-order chi connectivity index (χ0) is 24.2. The third-order valence-corrected chi connectivity index (χ3v) is 10.1. The van der Waals surface area contributed by atoms with Gasteiger partial charge in [-0.25, -0.2) is 0 Å². The first-order valence-electron chi connectivity index (χ1n) is 13.0. The van der Waals surface area contributed by atoms with Gasteiger partial charge in [0.05, 0.1) is 9.80 Å². The van der Waals surface area contributed by atoms with E-state index in [2.05, 4.69) is 17.1 Å². The molecule has 5 fully saturated rings. The summed E-state index contributed by atoms with van der Waals surface area (Å²) in [7, 11) is 0. The molecule has 8 heteroatoms. The molecule has 7 rings (SSSR count). The minimum Gasteiger partial charge on any atom is -0.376 e. The summed E-state index contributed by atoms with van der Waals surface area (Å²) in [5.41, 5.74) is 2.04. The van der Waals surface area contributed by atoms with E-state index in [0.717, 1.165) is 41.4 Å². The summed E-state index contributed by atoms with van der Waals surface area (Å²) in [6.45, 7) is 5.00. The number of hydrogen-bond donors (Lipinski definition) is 1. The Bertz CT molecular complexity index is 1070. The second-order valence-electron chi connectivity index (χ2n) is 11.4. The van der Waals surface area contributed by atoms with Gasteiger partial charge in [-0.2, -0.15) is 0 Å². The lowest BCUT2D eigenvalue weighted by atomic mass is 9.48. The standard InChI is InChI=1S/C27H34N4O3S/c1-18(27-15-19-11-20(16-27)13-21(12-19)17-27)28-23-14-22(4-5-24(23)31(33)34)29-6-8-30(9-7-29)26(32)25-3-2-10-35-25/h2-5,10,14,18-21,28H,6-9,11-13,15-17H2,1H3/t18-,19?,20?,21?,27?/m0/s1. The summed E-state index contributed by atoms with van der Waals surface area (Å²) in [5.74, 6) is 2.63. The van der Waals surface area contributed by atoms with E-state index in [4.69, 9.17) is 0 Å². The third kappa shape index (κ3) is 4.20. The van der Waals surface area contributed by atoms with Gasteiger partial charge >= 0.3 is 0 Å². The Morgan fingerprint density at radius 3 is 2.31 bits per heavy atom. The van der Waals surface area contributed by atoms with Crippen molar-refractivity contribution < 1.29 is 9.72 Å². The fraction of sp³-hybridized carbons (Fsp3) is 0.593. The zero-order valence-corrected chi connectivity index (χ0v) is 21.1. The largest absolute Gasteiger partial charge is 0.376 e. The van der Waals surface area contributed by atoms with E-state index in [1.807, 2.05) is 34.5 Å². The molecule has 1 aromatic heterocycles. The van der Waals surface area contributed by atoms with E-state index in [-0.39, 0.29) is 28.0 Å². The third-order valence-electron chi connectivity index (χ3n) is 9.22. The molecule has 1 N–H and O–H groups in total. The first kappa shape index (κ1) is 22.8. The highest BCUT2D eigenvalue weighted by atomic mass is 32.1. The van der Waals surface area contributed by atoms with Crippen molar-refractivity contribution in [2.24, 2.45) is 23.2 Å². The minimum absolute atomic E-state index is 0.0927. The monoisotopic (exact) mass is 494 g/mol. The van der Waals surface area contributed by atoms with Gasteiger partial charge < -0.3 is 15.1 Å². The van der Waals surface area contributed by atoms with Crippen molar-refractivity contribution in [1.82, 2.24) is 4.90 Å². The summed E-state index contributed by atoms with van der Waals surface area (Å²) in [6, 6.07) is 9.46. The Hall–Kier alpha value is -2.61. The SMILES string of the molecule is C[C@H](Nc1cc(N2CCN(C(=O)c3cccs3)CC2)ccc1[N+](=O)[O-])C12CC3CC(CC(C3)C1)C2. The van der Waals surface area contributed by atoms with Crippen molar-refractivity contribution in [3.05, 3.63) is 50.7 Å².